The number of aliphatic imine (C=N–C) groups is 2. The molecule has 0 saturated carbocycles. The fourth-order valence-corrected chi connectivity index (χ4v) is 8.08. The van der Waals surface area contributed by atoms with E-state index in [1.165, 1.54) is 0 Å². The van der Waals surface area contributed by atoms with E-state index in [2.05, 4.69) is 31.0 Å². The molecular formula is C48H50Cl2N10O7. The predicted octanol–water partition coefficient (Wildman–Crippen LogP) is 6.34. The number of rotatable bonds is 20. The molecule has 2 aliphatic rings. The summed E-state index contributed by atoms with van der Waals surface area (Å²) in [6.07, 6.45) is 0.0490. The summed E-state index contributed by atoms with van der Waals surface area (Å²) >= 11 is 12.5. The Labute approximate surface area is 397 Å². The third-order valence-electron chi connectivity index (χ3n) is 11.0. The van der Waals surface area contributed by atoms with Gasteiger partial charge < -0.3 is 34.3 Å². The number of carbonyl (C=O) groups excluding carboxylic acids is 2. The summed E-state index contributed by atoms with van der Waals surface area (Å²) in [5.74, 6) is 3.08. The molecule has 17 nitrogen and oxygen atoms in total. The van der Waals surface area contributed by atoms with Crippen LogP contribution in [0.3, 0.4) is 0 Å². The number of aromatic nitrogens is 6. The zero-order valence-corrected chi connectivity index (χ0v) is 39.0. The molecule has 8 rings (SSSR count). The van der Waals surface area contributed by atoms with Crippen LogP contribution in [0.25, 0.3) is 11.4 Å². The SMILES string of the molecule is CCNC(=O)[C@H]1N=C(c2ccc(Cl)cc2)c2cc(OCCOCCOCCOCCNC(=O)C[C@@H]3N=C(c4ccc(Cl)cc4)c4cc(OC)ccc4-n4c(C)nnc43)ccc2-n2c(C)nnc21. The zero-order chi connectivity index (χ0) is 46.9. The number of methoxy groups -OCH3 is 1. The lowest BCUT2D eigenvalue weighted by Crippen LogP contribution is -2.29. The lowest BCUT2D eigenvalue weighted by molar-refractivity contribution is -0.123. The van der Waals surface area contributed by atoms with Crippen LogP contribution < -0.4 is 20.1 Å². The molecule has 2 N–H and O–H groups in total. The predicted molar refractivity (Wildman–Crippen MR) is 253 cm³/mol. The Morgan fingerprint density at radius 3 is 1.75 bits per heavy atom. The molecule has 2 atom stereocenters. The molecule has 0 spiro atoms. The maximum absolute atomic E-state index is 13.3. The molecule has 19 heteroatoms. The number of benzene rings is 4. The number of nitrogens with one attached hydrogen (secondary N) is 2. The molecule has 2 amide bonds. The summed E-state index contributed by atoms with van der Waals surface area (Å²) in [4.78, 5) is 36.7. The van der Waals surface area contributed by atoms with E-state index in [1.807, 2.05) is 103 Å². The van der Waals surface area contributed by atoms with Gasteiger partial charge >= 0.3 is 0 Å². The second-order valence-corrected chi connectivity index (χ2v) is 16.3. The van der Waals surface area contributed by atoms with Crippen molar-refractivity contribution >= 4 is 46.4 Å². The molecule has 4 aromatic carbocycles. The first-order valence-corrected chi connectivity index (χ1v) is 22.6. The average molecular weight is 950 g/mol. The minimum absolute atomic E-state index is 0.0490. The maximum Gasteiger partial charge on any atom is 0.252 e. The number of ether oxygens (including phenoxy) is 5. The van der Waals surface area contributed by atoms with Crippen molar-refractivity contribution in [2.45, 2.75) is 39.3 Å². The molecule has 2 aromatic heterocycles. The van der Waals surface area contributed by atoms with Crippen LogP contribution in [-0.2, 0) is 23.8 Å². The summed E-state index contributed by atoms with van der Waals surface area (Å²) in [7, 11) is 1.62. The maximum atomic E-state index is 13.3. The van der Waals surface area contributed by atoms with Gasteiger partial charge in [0.2, 0.25) is 5.91 Å². The average Bonchev–Trinajstić information content (AvgIpc) is 3.82. The van der Waals surface area contributed by atoms with Crippen molar-refractivity contribution in [2.75, 3.05) is 66.4 Å². The molecule has 2 aliphatic heterocycles. The van der Waals surface area contributed by atoms with Crippen molar-refractivity contribution in [3.8, 4) is 22.9 Å². The highest BCUT2D eigenvalue weighted by molar-refractivity contribution is 6.31. The molecule has 0 unspecified atom stereocenters. The Morgan fingerprint density at radius 2 is 1.15 bits per heavy atom. The number of fused-ring (bicyclic) bond motifs is 6. The Morgan fingerprint density at radius 1 is 0.627 bits per heavy atom. The van der Waals surface area contributed by atoms with E-state index in [9.17, 15) is 9.59 Å². The summed E-state index contributed by atoms with van der Waals surface area (Å²) in [5.41, 5.74) is 6.09. The number of aryl methyl sites for hydroxylation is 2. The molecule has 4 heterocycles. The van der Waals surface area contributed by atoms with E-state index < -0.39 is 12.1 Å². The van der Waals surface area contributed by atoms with Crippen LogP contribution in [-0.4, -0.2) is 119 Å². The number of hydrogen-bond donors (Lipinski definition) is 2. The minimum Gasteiger partial charge on any atom is -0.497 e. The smallest absolute Gasteiger partial charge is 0.252 e. The van der Waals surface area contributed by atoms with Crippen LogP contribution in [0.4, 0.5) is 0 Å². The van der Waals surface area contributed by atoms with Gasteiger partial charge in [-0.05, 0) is 81.4 Å². The molecule has 0 saturated heterocycles. The Hall–Kier alpha value is -6.50. The summed E-state index contributed by atoms with van der Waals surface area (Å²) < 4.78 is 32.6. The second-order valence-electron chi connectivity index (χ2n) is 15.5. The number of likely N-dealkylation sites (N-methyl/N-ethyl adjacent to an activating group) is 1. The van der Waals surface area contributed by atoms with Crippen molar-refractivity contribution in [1.82, 2.24) is 40.2 Å². The fraction of sp³-hybridized carbons (Fsp3) is 0.333. The first-order valence-electron chi connectivity index (χ1n) is 21.9. The topological polar surface area (TPSA) is 190 Å². The molecule has 67 heavy (non-hydrogen) atoms. The number of carbonyl (C=O) groups is 2. The van der Waals surface area contributed by atoms with Crippen LogP contribution >= 0.6 is 23.2 Å². The van der Waals surface area contributed by atoms with Crippen molar-refractivity contribution in [1.29, 1.82) is 0 Å². The Balaban J connectivity index is 0.773. The van der Waals surface area contributed by atoms with E-state index in [0.717, 1.165) is 33.6 Å². The number of hydrogen-bond acceptors (Lipinski definition) is 13. The zero-order valence-electron chi connectivity index (χ0n) is 37.5. The normalized spacial score (nSPS) is 14.9. The summed E-state index contributed by atoms with van der Waals surface area (Å²) in [5, 5.41) is 24.5. The van der Waals surface area contributed by atoms with E-state index >= 15 is 0 Å². The van der Waals surface area contributed by atoms with Crippen LogP contribution in [0.5, 0.6) is 11.5 Å². The third-order valence-corrected chi connectivity index (χ3v) is 11.5. The molecule has 0 radical (unpaired) electrons. The Bertz CT molecular complexity index is 2770. The lowest BCUT2D eigenvalue weighted by Gasteiger charge is -2.15. The number of amides is 2. The van der Waals surface area contributed by atoms with Gasteiger partial charge in [0, 0.05) is 45.4 Å². The van der Waals surface area contributed by atoms with Gasteiger partial charge in [0.15, 0.2) is 17.7 Å². The third kappa shape index (κ3) is 10.9. The molecule has 348 valence electrons. The second kappa shape index (κ2) is 21.9. The van der Waals surface area contributed by atoms with E-state index in [1.54, 1.807) is 19.2 Å². The quantitative estimate of drug-likeness (QED) is 0.0813. The van der Waals surface area contributed by atoms with Crippen molar-refractivity contribution in [3.63, 3.8) is 0 Å². The molecule has 6 aromatic rings. The van der Waals surface area contributed by atoms with Crippen LogP contribution in [0.15, 0.2) is 94.9 Å². The van der Waals surface area contributed by atoms with Gasteiger partial charge in [-0.2, -0.15) is 0 Å². The highest BCUT2D eigenvalue weighted by atomic mass is 35.5. The minimum atomic E-state index is -0.921. The van der Waals surface area contributed by atoms with Gasteiger partial charge in [0.1, 0.15) is 35.8 Å². The van der Waals surface area contributed by atoms with Gasteiger partial charge in [-0.1, -0.05) is 47.5 Å². The van der Waals surface area contributed by atoms with Crippen molar-refractivity contribution in [3.05, 3.63) is 141 Å². The van der Waals surface area contributed by atoms with Gasteiger partial charge in [0.25, 0.3) is 5.91 Å². The van der Waals surface area contributed by atoms with Gasteiger partial charge in [-0.15, -0.1) is 20.4 Å². The first-order chi connectivity index (χ1) is 32.6. The highest BCUT2D eigenvalue weighted by Crippen LogP contribution is 2.36. The summed E-state index contributed by atoms with van der Waals surface area (Å²) in [6, 6.07) is 24.6. The van der Waals surface area contributed by atoms with Crippen molar-refractivity contribution in [2.24, 2.45) is 9.98 Å². The molecule has 0 fully saturated rings. The van der Waals surface area contributed by atoms with Crippen molar-refractivity contribution < 1.29 is 33.3 Å². The van der Waals surface area contributed by atoms with Crippen LogP contribution in [0.1, 0.15) is 71.0 Å². The fourth-order valence-electron chi connectivity index (χ4n) is 7.83. The Kier molecular flexibility index (Phi) is 15.3. The van der Waals surface area contributed by atoms with E-state index in [4.69, 9.17) is 56.9 Å². The number of nitrogens with zero attached hydrogens (tertiary/aromatic N) is 8. The largest absolute Gasteiger partial charge is 0.497 e. The lowest BCUT2D eigenvalue weighted by atomic mass is 10.00. The van der Waals surface area contributed by atoms with E-state index in [0.29, 0.717) is 116 Å². The van der Waals surface area contributed by atoms with Crippen LogP contribution in [0.2, 0.25) is 10.0 Å². The monoisotopic (exact) mass is 948 g/mol. The van der Waals surface area contributed by atoms with Gasteiger partial charge in [0.05, 0.1) is 76.0 Å². The molecule has 0 bridgehead atoms. The van der Waals surface area contributed by atoms with Crippen LogP contribution in [0, 0.1) is 13.8 Å². The highest BCUT2D eigenvalue weighted by Gasteiger charge is 2.33. The summed E-state index contributed by atoms with van der Waals surface area (Å²) in [6.45, 7) is 8.69. The first kappa shape index (κ1) is 47.0. The molecular weight excluding hydrogens is 899 g/mol. The standard InChI is InChI=1S/C48H50Cl2N10O7/c1-5-51-48(62)45-47-58-56-30(3)60(47)41-17-15-36(27-38(41)44(54-45)32-8-12-34(50)13-9-32)67-25-24-66-23-22-65-21-20-64-19-18-52-42(61)28-39-46-57-55-29(2)59(46)40-16-14-35(63-4)26-37(40)43(53-39)31-6-10-33(49)11-7-31/h6-17,26-27,39,45H,5,18-25,28H2,1-4H3,(H,51,62)(H,52,61)/t39-,45-/m0/s1. The molecule has 0 aliphatic carbocycles. The van der Waals surface area contributed by atoms with Gasteiger partial charge in [-0.25, -0.2) is 0 Å². The van der Waals surface area contributed by atoms with E-state index in [-0.39, 0.29) is 18.2 Å². The van der Waals surface area contributed by atoms with Gasteiger partial charge in [-0.3, -0.25) is 28.7 Å². The number of halogens is 2.